The van der Waals surface area contributed by atoms with E-state index in [1.165, 1.54) is 0 Å². The van der Waals surface area contributed by atoms with E-state index in [9.17, 15) is 9.90 Å². The molecule has 1 amide bonds. The van der Waals surface area contributed by atoms with E-state index in [2.05, 4.69) is 12.2 Å². The first-order valence-electron chi connectivity index (χ1n) is 13.9. The molecule has 0 unspecified atom stereocenters. The molecule has 40 heavy (non-hydrogen) atoms. The Morgan fingerprint density at radius 3 is 2.17 bits per heavy atom. The zero-order valence-electron chi connectivity index (χ0n) is 23.0. The SMILES string of the molecule is CCCCCCNC(=O)c1cc(/C=C/c2cc(OCc3ccccc3)ccc2OCc2ccccc2)ccc1O. The Balaban J connectivity index is 1.51. The van der Waals surface area contributed by atoms with Crippen LogP contribution in [0.3, 0.4) is 0 Å². The minimum Gasteiger partial charge on any atom is -0.507 e. The fourth-order valence-corrected chi connectivity index (χ4v) is 4.23. The van der Waals surface area contributed by atoms with Crippen molar-refractivity contribution in [2.45, 2.75) is 45.8 Å². The second-order valence-electron chi connectivity index (χ2n) is 9.67. The topological polar surface area (TPSA) is 67.8 Å². The largest absolute Gasteiger partial charge is 0.507 e. The highest BCUT2D eigenvalue weighted by atomic mass is 16.5. The third-order valence-electron chi connectivity index (χ3n) is 6.50. The summed E-state index contributed by atoms with van der Waals surface area (Å²) in [7, 11) is 0. The van der Waals surface area contributed by atoms with Crippen LogP contribution in [0.4, 0.5) is 0 Å². The number of amides is 1. The van der Waals surface area contributed by atoms with Gasteiger partial charge in [-0.15, -0.1) is 0 Å². The smallest absolute Gasteiger partial charge is 0.255 e. The van der Waals surface area contributed by atoms with E-state index in [1.54, 1.807) is 18.2 Å². The predicted molar refractivity (Wildman–Crippen MR) is 161 cm³/mol. The molecule has 0 atom stereocenters. The first-order valence-corrected chi connectivity index (χ1v) is 13.9. The molecule has 0 bridgehead atoms. The standard InChI is InChI=1S/C35H37NO4/c1-2-3-4-11-22-36-35(38)32-23-27(17-20-33(32)37)16-18-30-24-31(39-25-28-12-7-5-8-13-28)19-21-34(30)40-26-29-14-9-6-10-15-29/h5-10,12-21,23-24,37H,2-4,11,22,25-26H2,1H3,(H,36,38)/b18-16+. The monoisotopic (exact) mass is 535 g/mol. The minimum absolute atomic E-state index is 0.0357. The molecular formula is C35H37NO4. The molecule has 206 valence electrons. The van der Waals surface area contributed by atoms with Crippen LogP contribution in [0, 0.1) is 0 Å². The lowest BCUT2D eigenvalue weighted by Gasteiger charge is -2.13. The predicted octanol–water partition coefficient (Wildman–Crippen LogP) is 8.03. The van der Waals surface area contributed by atoms with Gasteiger partial charge in [-0.2, -0.15) is 0 Å². The number of aromatic hydroxyl groups is 1. The van der Waals surface area contributed by atoms with E-state index in [0.717, 1.165) is 59.4 Å². The molecule has 0 aliphatic carbocycles. The van der Waals surface area contributed by atoms with Crippen molar-refractivity contribution in [3.05, 3.63) is 125 Å². The van der Waals surface area contributed by atoms with Crippen molar-refractivity contribution in [2.75, 3.05) is 6.54 Å². The van der Waals surface area contributed by atoms with E-state index in [4.69, 9.17) is 9.47 Å². The van der Waals surface area contributed by atoms with Crippen LogP contribution in [0.1, 0.15) is 65.2 Å². The van der Waals surface area contributed by atoms with Crippen LogP contribution in [0.5, 0.6) is 17.2 Å². The summed E-state index contributed by atoms with van der Waals surface area (Å²) < 4.78 is 12.2. The van der Waals surface area contributed by atoms with Gasteiger partial charge in [0.25, 0.3) is 5.91 Å². The Bertz CT molecular complexity index is 1380. The number of carbonyl (C=O) groups is 1. The third-order valence-corrected chi connectivity index (χ3v) is 6.50. The van der Waals surface area contributed by atoms with E-state index in [-0.39, 0.29) is 17.2 Å². The number of phenols is 1. The number of benzene rings is 4. The van der Waals surface area contributed by atoms with Gasteiger partial charge in [-0.1, -0.05) is 105 Å². The summed E-state index contributed by atoms with van der Waals surface area (Å²) in [6.07, 6.45) is 8.14. The van der Waals surface area contributed by atoms with Gasteiger partial charge in [-0.25, -0.2) is 0 Å². The van der Waals surface area contributed by atoms with E-state index in [1.807, 2.05) is 91.0 Å². The van der Waals surface area contributed by atoms with Crippen molar-refractivity contribution in [1.82, 2.24) is 5.32 Å². The van der Waals surface area contributed by atoms with E-state index in [0.29, 0.717) is 19.8 Å². The van der Waals surface area contributed by atoms with Crippen LogP contribution < -0.4 is 14.8 Å². The van der Waals surface area contributed by atoms with Crippen molar-refractivity contribution in [3.8, 4) is 17.2 Å². The van der Waals surface area contributed by atoms with Crippen molar-refractivity contribution in [1.29, 1.82) is 0 Å². The number of phenolic OH excluding ortho intramolecular Hbond substituents is 1. The normalized spacial score (nSPS) is 10.9. The van der Waals surface area contributed by atoms with Gasteiger partial charge in [0, 0.05) is 12.1 Å². The van der Waals surface area contributed by atoms with Crippen LogP contribution in [-0.2, 0) is 13.2 Å². The van der Waals surface area contributed by atoms with Gasteiger partial charge < -0.3 is 19.9 Å². The zero-order valence-corrected chi connectivity index (χ0v) is 23.0. The second kappa shape index (κ2) is 15.2. The quantitative estimate of drug-likeness (QED) is 0.127. The number of hydrogen-bond acceptors (Lipinski definition) is 4. The van der Waals surface area contributed by atoms with Crippen molar-refractivity contribution < 1.29 is 19.4 Å². The maximum atomic E-state index is 12.7. The average molecular weight is 536 g/mol. The molecule has 0 heterocycles. The lowest BCUT2D eigenvalue weighted by Crippen LogP contribution is -2.24. The second-order valence-corrected chi connectivity index (χ2v) is 9.67. The average Bonchev–Trinajstić information content (AvgIpc) is 2.99. The lowest BCUT2D eigenvalue weighted by atomic mass is 10.1. The molecular weight excluding hydrogens is 498 g/mol. The maximum Gasteiger partial charge on any atom is 0.255 e. The molecule has 0 aliphatic heterocycles. The molecule has 4 aromatic carbocycles. The van der Waals surface area contributed by atoms with E-state index < -0.39 is 0 Å². The van der Waals surface area contributed by atoms with Crippen molar-refractivity contribution >= 4 is 18.1 Å². The van der Waals surface area contributed by atoms with Crippen molar-refractivity contribution in [3.63, 3.8) is 0 Å². The van der Waals surface area contributed by atoms with Gasteiger partial charge in [0.2, 0.25) is 0 Å². The Labute approximate surface area is 237 Å². The van der Waals surface area contributed by atoms with Gasteiger partial charge in [0.1, 0.15) is 30.5 Å². The Morgan fingerprint density at radius 2 is 1.48 bits per heavy atom. The van der Waals surface area contributed by atoms with Crippen LogP contribution >= 0.6 is 0 Å². The van der Waals surface area contributed by atoms with Crippen molar-refractivity contribution in [2.24, 2.45) is 0 Å². The fraction of sp³-hybridized carbons (Fsp3) is 0.229. The minimum atomic E-state index is -0.271. The highest BCUT2D eigenvalue weighted by Crippen LogP contribution is 2.28. The van der Waals surface area contributed by atoms with Gasteiger partial charge in [0.15, 0.2) is 0 Å². The molecule has 0 radical (unpaired) electrons. The van der Waals surface area contributed by atoms with Crippen LogP contribution in [-0.4, -0.2) is 17.6 Å². The first kappa shape index (κ1) is 28.5. The number of ether oxygens (including phenoxy) is 2. The van der Waals surface area contributed by atoms with Crippen LogP contribution in [0.2, 0.25) is 0 Å². The third kappa shape index (κ3) is 8.77. The number of unbranched alkanes of at least 4 members (excludes halogenated alkanes) is 3. The molecule has 4 rings (SSSR count). The molecule has 5 heteroatoms. The Hall–Kier alpha value is -4.51. The molecule has 0 saturated heterocycles. The highest BCUT2D eigenvalue weighted by Gasteiger charge is 2.11. The van der Waals surface area contributed by atoms with Gasteiger partial charge >= 0.3 is 0 Å². The number of nitrogens with one attached hydrogen (secondary N) is 1. The van der Waals surface area contributed by atoms with Crippen LogP contribution in [0.25, 0.3) is 12.2 Å². The van der Waals surface area contributed by atoms with E-state index >= 15 is 0 Å². The fourth-order valence-electron chi connectivity index (χ4n) is 4.23. The molecule has 2 N–H and O–H groups in total. The summed E-state index contributed by atoms with van der Waals surface area (Å²) in [6.45, 7) is 3.65. The Morgan fingerprint density at radius 1 is 0.775 bits per heavy atom. The maximum absolute atomic E-state index is 12.7. The molecule has 0 saturated carbocycles. The summed E-state index contributed by atoms with van der Waals surface area (Å²) in [4.78, 5) is 12.7. The summed E-state index contributed by atoms with van der Waals surface area (Å²) in [5, 5.41) is 13.2. The summed E-state index contributed by atoms with van der Waals surface area (Å²) >= 11 is 0. The lowest BCUT2D eigenvalue weighted by molar-refractivity contribution is 0.0950. The molecule has 4 aromatic rings. The Kier molecular flexibility index (Phi) is 10.8. The van der Waals surface area contributed by atoms with Gasteiger partial charge in [0.05, 0.1) is 5.56 Å². The molecule has 0 aliphatic rings. The molecule has 5 nitrogen and oxygen atoms in total. The highest BCUT2D eigenvalue weighted by molar-refractivity contribution is 5.97. The first-order chi connectivity index (χ1) is 19.6. The zero-order chi connectivity index (χ0) is 28.0. The number of rotatable bonds is 14. The molecule has 0 spiro atoms. The summed E-state index contributed by atoms with van der Waals surface area (Å²) in [5.74, 6) is 1.14. The summed E-state index contributed by atoms with van der Waals surface area (Å²) in [5.41, 5.74) is 4.06. The molecule has 0 aromatic heterocycles. The number of carbonyl (C=O) groups excluding carboxylic acids is 1. The summed E-state index contributed by atoms with van der Waals surface area (Å²) in [6, 6.07) is 30.8. The van der Waals surface area contributed by atoms with Gasteiger partial charge in [-0.05, 0) is 53.4 Å². The van der Waals surface area contributed by atoms with Crippen LogP contribution in [0.15, 0.2) is 97.1 Å². The molecule has 0 fully saturated rings. The number of hydrogen-bond donors (Lipinski definition) is 2. The van der Waals surface area contributed by atoms with Gasteiger partial charge in [-0.3, -0.25) is 4.79 Å².